The van der Waals surface area contributed by atoms with Gasteiger partial charge in [-0.2, -0.15) is 4.98 Å². The number of hydrogen-bond donors (Lipinski definition) is 0. The highest BCUT2D eigenvalue weighted by atomic mass is 35.5. The van der Waals surface area contributed by atoms with Gasteiger partial charge in [-0.25, -0.2) is 4.39 Å². The number of nitrogens with zero attached hydrogens (tertiary/aromatic N) is 3. The first-order valence-electron chi connectivity index (χ1n) is 7.71. The summed E-state index contributed by atoms with van der Waals surface area (Å²) in [5.74, 6) is 1.18. The Morgan fingerprint density at radius 1 is 1.16 bits per heavy atom. The minimum atomic E-state index is -0.308. The van der Waals surface area contributed by atoms with Gasteiger partial charge in [0.25, 0.3) is 0 Å². The average Bonchev–Trinajstić information content (AvgIpc) is 3.01. The molecule has 1 aromatic heterocycles. The molecule has 7 heteroatoms. The number of aromatic nitrogens is 2. The summed E-state index contributed by atoms with van der Waals surface area (Å²) >= 11 is 5.99. The first kappa shape index (κ1) is 17.4. The second kappa shape index (κ2) is 8.09. The van der Waals surface area contributed by atoms with E-state index in [1.165, 1.54) is 12.1 Å². The number of hydrogen-bond acceptors (Lipinski definition) is 5. The Labute approximate surface area is 150 Å². The quantitative estimate of drug-likeness (QED) is 0.635. The van der Waals surface area contributed by atoms with Crippen LogP contribution in [0.15, 0.2) is 53.1 Å². The van der Waals surface area contributed by atoms with Crippen molar-refractivity contribution < 1.29 is 13.7 Å². The van der Waals surface area contributed by atoms with Gasteiger partial charge in [-0.1, -0.05) is 28.9 Å². The molecule has 3 rings (SSSR count). The van der Waals surface area contributed by atoms with E-state index < -0.39 is 0 Å². The van der Waals surface area contributed by atoms with Crippen LogP contribution in [0.5, 0.6) is 5.75 Å². The minimum absolute atomic E-state index is 0.160. The highest BCUT2D eigenvalue weighted by Crippen LogP contribution is 2.14. The van der Waals surface area contributed by atoms with E-state index in [-0.39, 0.29) is 12.4 Å². The third-order valence-electron chi connectivity index (χ3n) is 3.44. The van der Waals surface area contributed by atoms with E-state index in [9.17, 15) is 4.39 Å². The first-order chi connectivity index (χ1) is 12.1. The summed E-state index contributed by atoms with van der Waals surface area (Å²) in [6.45, 7) is 1.38. The van der Waals surface area contributed by atoms with Crippen LogP contribution in [0.3, 0.4) is 0 Å². The van der Waals surface area contributed by atoms with Crippen molar-refractivity contribution >= 4 is 11.6 Å². The van der Waals surface area contributed by atoms with Crippen LogP contribution in [0.25, 0.3) is 0 Å². The van der Waals surface area contributed by atoms with Gasteiger partial charge in [0.2, 0.25) is 11.7 Å². The van der Waals surface area contributed by atoms with Gasteiger partial charge in [0, 0.05) is 11.6 Å². The molecule has 1 heterocycles. The number of ether oxygens (including phenoxy) is 1. The third-order valence-corrected chi connectivity index (χ3v) is 3.67. The van der Waals surface area contributed by atoms with E-state index in [1.54, 1.807) is 12.1 Å². The van der Waals surface area contributed by atoms with Gasteiger partial charge in [-0.15, -0.1) is 0 Å². The molecule has 0 unspecified atom stereocenters. The summed E-state index contributed by atoms with van der Waals surface area (Å²) in [5, 5.41) is 4.60. The van der Waals surface area contributed by atoms with E-state index in [0.717, 1.165) is 5.56 Å². The van der Waals surface area contributed by atoms with Crippen molar-refractivity contribution in [1.29, 1.82) is 0 Å². The van der Waals surface area contributed by atoms with Crippen molar-refractivity contribution in [2.75, 3.05) is 7.05 Å². The topological polar surface area (TPSA) is 51.4 Å². The van der Waals surface area contributed by atoms with Gasteiger partial charge >= 0.3 is 0 Å². The summed E-state index contributed by atoms with van der Waals surface area (Å²) in [6, 6.07) is 13.5. The predicted molar refractivity (Wildman–Crippen MR) is 91.7 cm³/mol. The Morgan fingerprint density at radius 2 is 1.96 bits per heavy atom. The molecule has 0 saturated heterocycles. The monoisotopic (exact) mass is 361 g/mol. The number of rotatable bonds is 7. The van der Waals surface area contributed by atoms with Crippen molar-refractivity contribution in [3.8, 4) is 5.75 Å². The molecule has 0 atom stereocenters. The van der Waals surface area contributed by atoms with Gasteiger partial charge in [-0.3, -0.25) is 4.90 Å². The zero-order valence-electron chi connectivity index (χ0n) is 13.7. The largest absolute Gasteiger partial charge is 0.485 e. The molecule has 25 heavy (non-hydrogen) atoms. The molecular formula is C18H17ClFN3O2. The molecule has 0 amide bonds. The Hall–Kier alpha value is -2.44. The van der Waals surface area contributed by atoms with Crippen LogP contribution in [0.2, 0.25) is 5.02 Å². The van der Waals surface area contributed by atoms with Gasteiger partial charge in [0.15, 0.2) is 6.61 Å². The molecule has 0 radical (unpaired) electrons. The Kier molecular flexibility index (Phi) is 5.63. The maximum atomic E-state index is 12.8. The van der Waals surface area contributed by atoms with E-state index in [4.69, 9.17) is 20.9 Å². The minimum Gasteiger partial charge on any atom is -0.485 e. The standard InChI is InChI=1S/C18H17ClFN3O2/c1-23(10-13-3-2-4-14(19)9-13)11-18-21-17(22-25-18)12-24-16-7-5-15(20)6-8-16/h2-9H,10-12H2,1H3. The molecule has 0 aliphatic rings. The van der Waals surface area contributed by atoms with Crippen LogP contribution in [0.1, 0.15) is 17.3 Å². The van der Waals surface area contributed by atoms with E-state index in [0.29, 0.717) is 35.6 Å². The molecule has 0 spiro atoms. The molecule has 0 saturated carbocycles. The number of benzene rings is 2. The maximum absolute atomic E-state index is 12.8. The third kappa shape index (κ3) is 5.27. The van der Waals surface area contributed by atoms with Gasteiger partial charge in [0.1, 0.15) is 11.6 Å². The summed E-state index contributed by atoms with van der Waals surface area (Å²) in [4.78, 5) is 6.34. The number of halogens is 2. The fourth-order valence-electron chi connectivity index (χ4n) is 2.33. The van der Waals surface area contributed by atoms with Crippen LogP contribution in [0, 0.1) is 5.82 Å². The lowest BCUT2D eigenvalue weighted by atomic mass is 10.2. The molecule has 3 aromatic rings. The lowest BCUT2D eigenvalue weighted by Crippen LogP contribution is -2.17. The summed E-state index contributed by atoms with van der Waals surface area (Å²) in [5.41, 5.74) is 1.11. The highest BCUT2D eigenvalue weighted by molar-refractivity contribution is 6.30. The van der Waals surface area contributed by atoms with Crippen LogP contribution < -0.4 is 4.74 Å². The second-order valence-corrected chi connectivity index (χ2v) is 6.09. The normalized spacial score (nSPS) is 11.0. The smallest absolute Gasteiger partial charge is 0.240 e. The maximum Gasteiger partial charge on any atom is 0.240 e. The SMILES string of the molecule is CN(Cc1cccc(Cl)c1)Cc1nc(COc2ccc(F)cc2)no1. The Morgan fingerprint density at radius 3 is 2.72 bits per heavy atom. The lowest BCUT2D eigenvalue weighted by Gasteiger charge is -2.14. The highest BCUT2D eigenvalue weighted by Gasteiger charge is 2.10. The molecular weight excluding hydrogens is 345 g/mol. The molecule has 0 N–H and O–H groups in total. The zero-order chi connectivity index (χ0) is 17.6. The fraction of sp³-hybridized carbons (Fsp3) is 0.222. The van der Waals surface area contributed by atoms with E-state index in [1.807, 2.05) is 36.2 Å². The second-order valence-electron chi connectivity index (χ2n) is 5.65. The molecule has 5 nitrogen and oxygen atoms in total. The lowest BCUT2D eigenvalue weighted by molar-refractivity contribution is 0.256. The van der Waals surface area contributed by atoms with Crippen molar-refractivity contribution in [1.82, 2.24) is 15.0 Å². The summed E-state index contributed by atoms with van der Waals surface area (Å²) in [6.07, 6.45) is 0. The van der Waals surface area contributed by atoms with E-state index >= 15 is 0 Å². The molecule has 0 aliphatic carbocycles. The average molecular weight is 362 g/mol. The zero-order valence-corrected chi connectivity index (χ0v) is 14.4. The van der Waals surface area contributed by atoms with Crippen molar-refractivity contribution in [3.63, 3.8) is 0 Å². The van der Waals surface area contributed by atoms with Gasteiger partial charge < -0.3 is 9.26 Å². The van der Waals surface area contributed by atoms with Crippen LogP contribution >= 0.6 is 11.6 Å². The predicted octanol–water partition coefficient (Wildman–Crippen LogP) is 4.07. The van der Waals surface area contributed by atoms with Crippen molar-refractivity contribution in [2.24, 2.45) is 0 Å². The fourth-order valence-corrected chi connectivity index (χ4v) is 2.54. The van der Waals surface area contributed by atoms with Crippen LogP contribution in [-0.4, -0.2) is 22.1 Å². The van der Waals surface area contributed by atoms with E-state index in [2.05, 4.69) is 10.1 Å². The molecule has 130 valence electrons. The Balaban J connectivity index is 1.51. The summed E-state index contributed by atoms with van der Waals surface area (Å²) < 4.78 is 23.6. The summed E-state index contributed by atoms with van der Waals surface area (Å²) in [7, 11) is 1.96. The molecule has 0 fully saturated rings. The molecule has 0 bridgehead atoms. The van der Waals surface area contributed by atoms with Crippen LogP contribution in [-0.2, 0) is 19.7 Å². The molecule has 2 aromatic carbocycles. The van der Waals surface area contributed by atoms with Crippen molar-refractivity contribution in [2.45, 2.75) is 19.7 Å². The van der Waals surface area contributed by atoms with Crippen LogP contribution in [0.4, 0.5) is 4.39 Å². The van der Waals surface area contributed by atoms with Gasteiger partial charge in [0.05, 0.1) is 6.54 Å². The Bertz CT molecular complexity index is 823. The molecule has 0 aliphatic heterocycles. The van der Waals surface area contributed by atoms with Crippen molar-refractivity contribution in [3.05, 3.63) is 76.6 Å². The first-order valence-corrected chi connectivity index (χ1v) is 8.09. The van der Waals surface area contributed by atoms with Gasteiger partial charge in [-0.05, 0) is 49.0 Å².